The molecular formula is C20H22N2O2. The molecule has 0 aromatic heterocycles. The summed E-state index contributed by atoms with van der Waals surface area (Å²) in [7, 11) is 0. The molecule has 1 atom stereocenters. The Bertz CT molecular complexity index is 710. The second-order valence-electron chi connectivity index (χ2n) is 6.40. The minimum absolute atomic E-state index is 0.0717. The fourth-order valence-corrected chi connectivity index (χ4v) is 3.05. The van der Waals surface area contributed by atoms with Crippen molar-refractivity contribution in [1.29, 1.82) is 0 Å². The third-order valence-electron chi connectivity index (χ3n) is 4.37. The zero-order valence-corrected chi connectivity index (χ0v) is 13.9. The highest BCUT2D eigenvalue weighted by Crippen LogP contribution is 2.19. The monoisotopic (exact) mass is 322 g/mol. The SMILES string of the molecule is C[C@@H]1CCCN(C(=O)c2ccc(NC(=O)c3ccccc3)cc2)C1. The van der Waals surface area contributed by atoms with Crippen LogP contribution in [0.25, 0.3) is 0 Å². The maximum atomic E-state index is 12.5. The van der Waals surface area contributed by atoms with Crippen molar-refractivity contribution in [1.82, 2.24) is 4.90 Å². The number of nitrogens with zero attached hydrogens (tertiary/aromatic N) is 1. The van der Waals surface area contributed by atoms with E-state index in [9.17, 15) is 9.59 Å². The van der Waals surface area contributed by atoms with Gasteiger partial charge >= 0.3 is 0 Å². The van der Waals surface area contributed by atoms with Crippen molar-refractivity contribution in [3.63, 3.8) is 0 Å². The van der Waals surface area contributed by atoms with Gasteiger partial charge in [0.05, 0.1) is 0 Å². The Morgan fingerprint density at radius 3 is 2.38 bits per heavy atom. The van der Waals surface area contributed by atoms with E-state index >= 15 is 0 Å². The molecule has 4 heteroatoms. The predicted molar refractivity (Wildman–Crippen MR) is 95.1 cm³/mol. The minimum atomic E-state index is -0.153. The van der Waals surface area contributed by atoms with Crippen molar-refractivity contribution in [2.45, 2.75) is 19.8 Å². The van der Waals surface area contributed by atoms with Crippen LogP contribution in [0.3, 0.4) is 0 Å². The zero-order valence-electron chi connectivity index (χ0n) is 13.9. The number of carbonyl (C=O) groups excluding carboxylic acids is 2. The highest BCUT2D eigenvalue weighted by Gasteiger charge is 2.21. The molecule has 1 aliphatic rings. The Kier molecular flexibility index (Phi) is 4.94. The molecule has 1 heterocycles. The maximum Gasteiger partial charge on any atom is 0.255 e. The molecule has 124 valence electrons. The number of amides is 2. The number of rotatable bonds is 3. The summed E-state index contributed by atoms with van der Waals surface area (Å²) in [6.07, 6.45) is 2.26. The molecule has 1 saturated heterocycles. The maximum absolute atomic E-state index is 12.5. The summed E-state index contributed by atoms with van der Waals surface area (Å²) in [5.41, 5.74) is 1.97. The van der Waals surface area contributed by atoms with E-state index in [-0.39, 0.29) is 11.8 Å². The first-order valence-electron chi connectivity index (χ1n) is 8.39. The summed E-state index contributed by atoms with van der Waals surface area (Å²) < 4.78 is 0. The predicted octanol–water partition coefficient (Wildman–Crippen LogP) is 3.81. The van der Waals surface area contributed by atoms with Gasteiger partial charge in [0.1, 0.15) is 0 Å². The van der Waals surface area contributed by atoms with Gasteiger partial charge in [0.15, 0.2) is 0 Å². The highest BCUT2D eigenvalue weighted by atomic mass is 16.2. The topological polar surface area (TPSA) is 49.4 Å². The number of carbonyl (C=O) groups is 2. The number of likely N-dealkylation sites (tertiary alicyclic amines) is 1. The van der Waals surface area contributed by atoms with Gasteiger partial charge in [-0.1, -0.05) is 25.1 Å². The van der Waals surface area contributed by atoms with Crippen LogP contribution in [0.15, 0.2) is 54.6 Å². The van der Waals surface area contributed by atoms with Gasteiger partial charge in [0.25, 0.3) is 11.8 Å². The molecule has 2 aromatic carbocycles. The van der Waals surface area contributed by atoms with Crippen LogP contribution in [-0.2, 0) is 0 Å². The standard InChI is InChI=1S/C20H22N2O2/c1-15-6-5-13-22(14-15)20(24)17-9-11-18(12-10-17)21-19(23)16-7-3-2-4-8-16/h2-4,7-12,15H,5-6,13-14H2,1H3,(H,21,23)/t15-/m1/s1. The fraction of sp³-hybridized carbons (Fsp3) is 0.300. The average Bonchev–Trinajstić information content (AvgIpc) is 2.62. The number of hydrogen-bond acceptors (Lipinski definition) is 2. The van der Waals surface area contributed by atoms with Crippen LogP contribution >= 0.6 is 0 Å². The first-order valence-corrected chi connectivity index (χ1v) is 8.39. The summed E-state index contributed by atoms with van der Waals surface area (Å²) in [4.78, 5) is 26.6. The normalized spacial score (nSPS) is 17.4. The van der Waals surface area contributed by atoms with Gasteiger partial charge in [0.2, 0.25) is 0 Å². The summed E-state index contributed by atoms with van der Waals surface area (Å²) >= 11 is 0. The Hall–Kier alpha value is -2.62. The van der Waals surface area contributed by atoms with Gasteiger partial charge in [-0.05, 0) is 55.2 Å². The van der Waals surface area contributed by atoms with Crippen LogP contribution in [0, 0.1) is 5.92 Å². The third kappa shape index (κ3) is 3.82. The number of hydrogen-bond donors (Lipinski definition) is 1. The smallest absolute Gasteiger partial charge is 0.255 e. The molecule has 4 nitrogen and oxygen atoms in total. The molecule has 1 N–H and O–H groups in total. The molecule has 0 unspecified atom stereocenters. The molecule has 1 fully saturated rings. The average molecular weight is 322 g/mol. The quantitative estimate of drug-likeness (QED) is 0.934. The van der Waals surface area contributed by atoms with Crippen molar-refractivity contribution in [2.24, 2.45) is 5.92 Å². The van der Waals surface area contributed by atoms with Crippen molar-refractivity contribution in [3.8, 4) is 0 Å². The Morgan fingerprint density at radius 1 is 1.00 bits per heavy atom. The van der Waals surface area contributed by atoms with Crippen LogP contribution in [0.1, 0.15) is 40.5 Å². The van der Waals surface area contributed by atoms with Crippen molar-refractivity contribution >= 4 is 17.5 Å². The van der Waals surface area contributed by atoms with Gasteiger partial charge in [-0.25, -0.2) is 0 Å². The Labute approximate surface area is 142 Å². The number of piperidine rings is 1. The lowest BCUT2D eigenvalue weighted by atomic mass is 9.99. The van der Waals surface area contributed by atoms with E-state index in [4.69, 9.17) is 0 Å². The number of benzene rings is 2. The van der Waals surface area contributed by atoms with Gasteiger partial charge in [-0.2, -0.15) is 0 Å². The number of anilines is 1. The lowest BCUT2D eigenvalue weighted by molar-refractivity contribution is 0.0683. The molecule has 1 aliphatic heterocycles. The summed E-state index contributed by atoms with van der Waals surface area (Å²) in [6, 6.07) is 16.2. The molecule has 2 aromatic rings. The Balaban J connectivity index is 1.65. The molecule has 0 aliphatic carbocycles. The lowest BCUT2D eigenvalue weighted by Gasteiger charge is -2.31. The van der Waals surface area contributed by atoms with Crippen LogP contribution in [-0.4, -0.2) is 29.8 Å². The van der Waals surface area contributed by atoms with Gasteiger partial charge in [-0.3, -0.25) is 9.59 Å². The van der Waals surface area contributed by atoms with Gasteiger partial charge in [-0.15, -0.1) is 0 Å². The van der Waals surface area contributed by atoms with E-state index in [1.54, 1.807) is 36.4 Å². The summed E-state index contributed by atoms with van der Waals surface area (Å²) in [5, 5.41) is 2.85. The van der Waals surface area contributed by atoms with E-state index in [1.807, 2.05) is 23.1 Å². The molecule has 0 radical (unpaired) electrons. The minimum Gasteiger partial charge on any atom is -0.338 e. The van der Waals surface area contributed by atoms with E-state index in [0.717, 1.165) is 19.5 Å². The van der Waals surface area contributed by atoms with Crippen LogP contribution in [0.4, 0.5) is 5.69 Å². The molecule has 2 amide bonds. The van der Waals surface area contributed by atoms with Crippen LogP contribution in [0.5, 0.6) is 0 Å². The van der Waals surface area contributed by atoms with E-state index in [2.05, 4.69) is 12.2 Å². The highest BCUT2D eigenvalue weighted by molar-refractivity contribution is 6.04. The second kappa shape index (κ2) is 7.30. The second-order valence-corrected chi connectivity index (χ2v) is 6.40. The molecule has 0 spiro atoms. The third-order valence-corrected chi connectivity index (χ3v) is 4.37. The Morgan fingerprint density at radius 2 is 1.71 bits per heavy atom. The molecule has 0 bridgehead atoms. The van der Waals surface area contributed by atoms with Crippen molar-refractivity contribution in [2.75, 3.05) is 18.4 Å². The van der Waals surface area contributed by atoms with E-state index in [1.165, 1.54) is 6.42 Å². The van der Waals surface area contributed by atoms with Crippen LogP contribution in [0.2, 0.25) is 0 Å². The largest absolute Gasteiger partial charge is 0.338 e. The van der Waals surface area contributed by atoms with Crippen molar-refractivity contribution in [3.05, 3.63) is 65.7 Å². The molecule has 3 rings (SSSR count). The van der Waals surface area contributed by atoms with E-state index in [0.29, 0.717) is 22.7 Å². The molecular weight excluding hydrogens is 300 g/mol. The van der Waals surface area contributed by atoms with Gasteiger partial charge < -0.3 is 10.2 Å². The molecule has 24 heavy (non-hydrogen) atoms. The van der Waals surface area contributed by atoms with Crippen LogP contribution < -0.4 is 5.32 Å². The zero-order chi connectivity index (χ0) is 16.9. The van der Waals surface area contributed by atoms with Gasteiger partial charge in [0, 0.05) is 29.9 Å². The summed E-state index contributed by atoms with van der Waals surface area (Å²) in [6.45, 7) is 3.84. The van der Waals surface area contributed by atoms with E-state index < -0.39 is 0 Å². The summed E-state index contributed by atoms with van der Waals surface area (Å²) in [5.74, 6) is 0.481. The molecule has 0 saturated carbocycles. The fourth-order valence-electron chi connectivity index (χ4n) is 3.05. The number of nitrogens with one attached hydrogen (secondary N) is 1. The van der Waals surface area contributed by atoms with Crippen molar-refractivity contribution < 1.29 is 9.59 Å². The lowest BCUT2D eigenvalue weighted by Crippen LogP contribution is -2.39. The first-order chi connectivity index (χ1) is 11.6. The first kappa shape index (κ1) is 16.2.